The fourth-order valence-electron chi connectivity index (χ4n) is 1.62. The Labute approximate surface area is 114 Å². The average Bonchev–Trinajstić information content (AvgIpc) is 2.60. The van der Waals surface area contributed by atoms with Crippen LogP contribution in [0.5, 0.6) is 0 Å². The fraction of sp³-hybridized carbons (Fsp3) is 0.167. The van der Waals surface area contributed by atoms with Crippen LogP contribution in [-0.2, 0) is 6.54 Å². The van der Waals surface area contributed by atoms with E-state index in [2.05, 4.69) is 5.10 Å². The van der Waals surface area contributed by atoms with Gasteiger partial charge in [0.25, 0.3) is 0 Å². The van der Waals surface area contributed by atoms with E-state index in [1.165, 1.54) is 6.07 Å². The van der Waals surface area contributed by atoms with Gasteiger partial charge in [-0.25, -0.2) is 4.39 Å². The van der Waals surface area contributed by atoms with Crippen molar-refractivity contribution in [1.82, 2.24) is 9.78 Å². The molecule has 1 aromatic heterocycles. The maximum Gasteiger partial charge on any atom is 0.133 e. The van der Waals surface area contributed by atoms with Crippen molar-refractivity contribution in [2.75, 3.05) is 0 Å². The lowest BCUT2D eigenvalue weighted by Crippen LogP contribution is -2.12. The molecule has 0 saturated heterocycles. The summed E-state index contributed by atoms with van der Waals surface area (Å²) in [5.74, 6) is -0.416. The molecule has 0 saturated carbocycles. The first-order chi connectivity index (χ1) is 8.47. The van der Waals surface area contributed by atoms with Crippen LogP contribution in [0, 0.1) is 12.7 Å². The summed E-state index contributed by atoms with van der Waals surface area (Å²) < 4.78 is 15.1. The first-order valence-corrected chi connectivity index (χ1v) is 6.04. The van der Waals surface area contributed by atoms with Crippen molar-refractivity contribution < 1.29 is 4.39 Å². The van der Waals surface area contributed by atoms with E-state index in [4.69, 9.17) is 29.6 Å². The molecule has 0 spiro atoms. The van der Waals surface area contributed by atoms with Crippen LogP contribution in [0.3, 0.4) is 0 Å². The number of nitrogens with zero attached hydrogens (tertiary/aromatic N) is 2. The van der Waals surface area contributed by atoms with E-state index in [0.717, 1.165) is 11.3 Å². The average molecular weight is 284 g/mol. The standard InChI is InChI=1S/C12H11ClFN3S/c1-7-10(13)6-17(16-7)5-8-2-3-11(14)9(4-8)12(15)18/h2-4,6H,5H2,1H3,(H2,15,18). The molecular formula is C12H11ClFN3S. The second-order valence-corrected chi connectivity index (χ2v) is 4.79. The quantitative estimate of drug-likeness (QED) is 0.881. The minimum atomic E-state index is -0.416. The van der Waals surface area contributed by atoms with Crippen LogP contribution in [0.1, 0.15) is 16.8 Å². The zero-order chi connectivity index (χ0) is 13.3. The number of aryl methyl sites for hydroxylation is 1. The molecule has 18 heavy (non-hydrogen) atoms. The highest BCUT2D eigenvalue weighted by atomic mass is 35.5. The van der Waals surface area contributed by atoms with Gasteiger partial charge in [-0.2, -0.15) is 5.10 Å². The highest BCUT2D eigenvalue weighted by Crippen LogP contribution is 2.15. The molecular weight excluding hydrogens is 273 g/mol. The maximum absolute atomic E-state index is 13.4. The van der Waals surface area contributed by atoms with Crippen LogP contribution in [0.25, 0.3) is 0 Å². The van der Waals surface area contributed by atoms with Crippen LogP contribution < -0.4 is 5.73 Å². The molecule has 0 fully saturated rings. The van der Waals surface area contributed by atoms with Crippen molar-refractivity contribution in [3.8, 4) is 0 Å². The van der Waals surface area contributed by atoms with Crippen molar-refractivity contribution in [3.63, 3.8) is 0 Å². The molecule has 94 valence electrons. The third-order valence-electron chi connectivity index (χ3n) is 2.53. The van der Waals surface area contributed by atoms with Gasteiger partial charge in [0.1, 0.15) is 10.8 Å². The summed E-state index contributed by atoms with van der Waals surface area (Å²) in [6, 6.07) is 4.65. The number of hydrogen-bond donors (Lipinski definition) is 1. The van der Waals surface area contributed by atoms with Crippen molar-refractivity contribution >= 4 is 28.8 Å². The van der Waals surface area contributed by atoms with Crippen LogP contribution in [0.4, 0.5) is 4.39 Å². The fourth-order valence-corrected chi connectivity index (χ4v) is 1.93. The molecule has 0 radical (unpaired) electrons. The Hall–Kier alpha value is -1.46. The Kier molecular flexibility index (Phi) is 3.63. The molecule has 0 bridgehead atoms. The zero-order valence-corrected chi connectivity index (χ0v) is 11.2. The van der Waals surface area contributed by atoms with Gasteiger partial charge in [-0.15, -0.1) is 0 Å². The van der Waals surface area contributed by atoms with E-state index in [1.807, 2.05) is 6.92 Å². The molecule has 1 heterocycles. The predicted octanol–water partition coefficient (Wildman–Crippen LogP) is 2.67. The van der Waals surface area contributed by atoms with Gasteiger partial charge in [-0.1, -0.05) is 29.9 Å². The molecule has 0 aliphatic heterocycles. The molecule has 3 nitrogen and oxygen atoms in total. The third kappa shape index (κ3) is 2.68. The minimum Gasteiger partial charge on any atom is -0.389 e. The van der Waals surface area contributed by atoms with Crippen molar-refractivity contribution in [1.29, 1.82) is 0 Å². The van der Waals surface area contributed by atoms with E-state index in [1.54, 1.807) is 23.0 Å². The second-order valence-electron chi connectivity index (χ2n) is 3.94. The number of thiocarbonyl (C=S) groups is 1. The summed E-state index contributed by atoms with van der Waals surface area (Å²) in [4.78, 5) is 0.0454. The van der Waals surface area contributed by atoms with Gasteiger partial charge in [-0.3, -0.25) is 4.68 Å². The molecule has 1 aromatic carbocycles. The van der Waals surface area contributed by atoms with Crippen LogP contribution in [-0.4, -0.2) is 14.8 Å². The van der Waals surface area contributed by atoms with E-state index in [-0.39, 0.29) is 10.6 Å². The van der Waals surface area contributed by atoms with Gasteiger partial charge >= 0.3 is 0 Å². The lowest BCUT2D eigenvalue weighted by Gasteiger charge is -2.06. The zero-order valence-electron chi connectivity index (χ0n) is 9.65. The summed E-state index contributed by atoms with van der Waals surface area (Å²) in [6.07, 6.45) is 1.72. The normalized spacial score (nSPS) is 10.6. The van der Waals surface area contributed by atoms with Gasteiger partial charge in [-0.05, 0) is 24.6 Å². The number of hydrogen-bond acceptors (Lipinski definition) is 2. The van der Waals surface area contributed by atoms with Crippen molar-refractivity contribution in [2.45, 2.75) is 13.5 Å². The maximum atomic E-state index is 13.4. The van der Waals surface area contributed by atoms with Gasteiger partial charge < -0.3 is 5.73 Å². The summed E-state index contributed by atoms with van der Waals surface area (Å²) in [5.41, 5.74) is 7.32. The summed E-state index contributed by atoms with van der Waals surface area (Å²) >= 11 is 10.7. The van der Waals surface area contributed by atoms with E-state index >= 15 is 0 Å². The van der Waals surface area contributed by atoms with E-state index in [0.29, 0.717) is 11.6 Å². The minimum absolute atomic E-state index is 0.0454. The Morgan fingerprint density at radius 3 is 2.83 bits per heavy atom. The monoisotopic (exact) mass is 283 g/mol. The Morgan fingerprint density at radius 2 is 2.28 bits per heavy atom. The molecule has 2 N–H and O–H groups in total. The molecule has 0 aliphatic carbocycles. The smallest absolute Gasteiger partial charge is 0.133 e. The number of aromatic nitrogens is 2. The van der Waals surface area contributed by atoms with E-state index < -0.39 is 5.82 Å². The molecule has 6 heteroatoms. The van der Waals surface area contributed by atoms with Gasteiger partial charge in [0.15, 0.2) is 0 Å². The van der Waals surface area contributed by atoms with Crippen molar-refractivity contribution in [2.24, 2.45) is 5.73 Å². The van der Waals surface area contributed by atoms with Crippen molar-refractivity contribution in [3.05, 3.63) is 52.1 Å². The first kappa shape index (κ1) is 13.0. The van der Waals surface area contributed by atoms with Crippen LogP contribution >= 0.6 is 23.8 Å². The lowest BCUT2D eigenvalue weighted by molar-refractivity contribution is 0.621. The van der Waals surface area contributed by atoms with E-state index in [9.17, 15) is 4.39 Å². The lowest BCUT2D eigenvalue weighted by atomic mass is 10.1. The highest BCUT2D eigenvalue weighted by Gasteiger charge is 2.08. The van der Waals surface area contributed by atoms with Gasteiger partial charge in [0, 0.05) is 11.8 Å². The molecule has 0 amide bonds. The van der Waals surface area contributed by atoms with Gasteiger partial charge in [0.05, 0.1) is 17.3 Å². The van der Waals surface area contributed by atoms with Gasteiger partial charge in [0.2, 0.25) is 0 Å². The Balaban J connectivity index is 2.29. The Bertz CT molecular complexity index is 590. The highest BCUT2D eigenvalue weighted by molar-refractivity contribution is 7.80. The number of nitrogens with two attached hydrogens (primary N) is 1. The third-order valence-corrected chi connectivity index (χ3v) is 3.12. The first-order valence-electron chi connectivity index (χ1n) is 5.25. The SMILES string of the molecule is Cc1nn(Cc2ccc(F)c(C(N)=S)c2)cc1Cl. The number of benzene rings is 1. The summed E-state index contributed by atoms with van der Waals surface area (Å²) in [7, 11) is 0. The molecule has 2 rings (SSSR count). The topological polar surface area (TPSA) is 43.8 Å². The number of halogens is 2. The summed E-state index contributed by atoms with van der Waals surface area (Å²) in [6.45, 7) is 2.31. The largest absolute Gasteiger partial charge is 0.389 e. The Morgan fingerprint density at radius 1 is 1.56 bits per heavy atom. The second kappa shape index (κ2) is 5.04. The molecule has 0 aliphatic rings. The number of rotatable bonds is 3. The van der Waals surface area contributed by atoms with Crippen LogP contribution in [0.15, 0.2) is 24.4 Å². The molecule has 0 atom stereocenters. The molecule has 2 aromatic rings. The van der Waals surface area contributed by atoms with Crippen LogP contribution in [0.2, 0.25) is 5.02 Å². The summed E-state index contributed by atoms with van der Waals surface area (Å²) in [5, 5.41) is 4.83. The predicted molar refractivity (Wildman–Crippen MR) is 73.4 cm³/mol. The molecule has 0 unspecified atom stereocenters.